The second-order valence-electron chi connectivity index (χ2n) is 2.80. The second-order valence-corrected chi connectivity index (χ2v) is 4.81. The van der Waals surface area contributed by atoms with E-state index in [1.165, 1.54) is 19.2 Å². The van der Waals surface area contributed by atoms with Crippen molar-refractivity contribution < 1.29 is 0 Å². The van der Waals surface area contributed by atoms with Crippen molar-refractivity contribution in [3.63, 3.8) is 0 Å². The fraction of sp³-hybridized carbons (Fsp3) is 0.0909. The van der Waals surface area contributed by atoms with Crippen LogP contribution in [-0.4, -0.2) is 6.26 Å². The number of thioether (sulfide) groups is 1. The lowest BCUT2D eigenvalue weighted by Gasteiger charge is -2.04. The molecule has 0 aliphatic rings. The highest BCUT2D eigenvalue weighted by Crippen LogP contribution is 2.28. The van der Waals surface area contributed by atoms with Crippen molar-refractivity contribution in [2.24, 2.45) is 0 Å². The lowest BCUT2D eigenvalue weighted by atomic mass is 10.1. The molecule has 0 saturated carbocycles. The van der Waals surface area contributed by atoms with E-state index >= 15 is 0 Å². The lowest BCUT2D eigenvalue weighted by molar-refractivity contribution is 1.54. The molecule has 0 heterocycles. The molecule has 2 aromatic carbocycles. The fourth-order valence-corrected chi connectivity index (χ4v) is 2.71. The van der Waals surface area contributed by atoms with Gasteiger partial charge in [0.1, 0.15) is 0 Å². The standard InChI is InChI=1S/C11H9IS/c1-13-11-7-3-4-8-9(11)5-2-6-10(8)12/h2-7H,1H3. The lowest BCUT2D eigenvalue weighted by Crippen LogP contribution is -1.79. The summed E-state index contributed by atoms with van der Waals surface area (Å²) in [7, 11) is 0. The quantitative estimate of drug-likeness (QED) is 0.563. The van der Waals surface area contributed by atoms with Gasteiger partial charge < -0.3 is 0 Å². The molecule has 0 saturated heterocycles. The highest BCUT2D eigenvalue weighted by Gasteiger charge is 2.00. The van der Waals surface area contributed by atoms with Crippen molar-refractivity contribution in [1.29, 1.82) is 0 Å². The van der Waals surface area contributed by atoms with E-state index in [1.807, 2.05) is 0 Å². The highest BCUT2D eigenvalue weighted by molar-refractivity contribution is 14.1. The molecule has 0 amide bonds. The zero-order valence-electron chi connectivity index (χ0n) is 7.25. The Morgan fingerprint density at radius 2 is 1.69 bits per heavy atom. The maximum Gasteiger partial charge on any atom is 0.0209 e. The minimum Gasteiger partial charge on any atom is -0.129 e. The van der Waals surface area contributed by atoms with Crippen LogP contribution in [0.25, 0.3) is 10.8 Å². The molecule has 66 valence electrons. The summed E-state index contributed by atoms with van der Waals surface area (Å²) in [6.07, 6.45) is 2.12. The van der Waals surface area contributed by atoms with Gasteiger partial charge in [-0.3, -0.25) is 0 Å². The van der Waals surface area contributed by atoms with Crippen LogP contribution in [0.3, 0.4) is 0 Å². The third-order valence-electron chi connectivity index (χ3n) is 2.05. The Kier molecular flexibility index (Phi) is 2.79. The van der Waals surface area contributed by atoms with Gasteiger partial charge in [0.2, 0.25) is 0 Å². The number of halogens is 1. The van der Waals surface area contributed by atoms with Gasteiger partial charge in [-0.2, -0.15) is 0 Å². The molecule has 0 aliphatic heterocycles. The van der Waals surface area contributed by atoms with E-state index in [4.69, 9.17) is 0 Å². The van der Waals surface area contributed by atoms with Gasteiger partial charge in [0, 0.05) is 8.47 Å². The Hall–Kier alpha value is -0.220. The Bertz CT molecular complexity index is 437. The van der Waals surface area contributed by atoms with Crippen molar-refractivity contribution in [1.82, 2.24) is 0 Å². The molecule has 0 nitrogen and oxygen atoms in total. The first-order chi connectivity index (χ1) is 6.33. The largest absolute Gasteiger partial charge is 0.129 e. The normalized spacial score (nSPS) is 10.6. The molecule has 0 N–H and O–H groups in total. The molecule has 2 aromatic rings. The van der Waals surface area contributed by atoms with Gasteiger partial charge >= 0.3 is 0 Å². The number of benzene rings is 2. The fourth-order valence-electron chi connectivity index (χ4n) is 1.42. The number of fused-ring (bicyclic) bond motifs is 1. The highest BCUT2D eigenvalue weighted by atomic mass is 127. The van der Waals surface area contributed by atoms with Crippen molar-refractivity contribution in [3.05, 3.63) is 40.0 Å². The molecule has 0 unspecified atom stereocenters. The van der Waals surface area contributed by atoms with Crippen LogP contribution in [-0.2, 0) is 0 Å². The molecule has 0 fully saturated rings. The maximum atomic E-state index is 2.38. The second kappa shape index (κ2) is 3.88. The van der Waals surface area contributed by atoms with Crippen LogP contribution in [0.5, 0.6) is 0 Å². The van der Waals surface area contributed by atoms with E-state index < -0.39 is 0 Å². The molecule has 0 spiro atoms. The van der Waals surface area contributed by atoms with E-state index in [0.717, 1.165) is 0 Å². The van der Waals surface area contributed by atoms with E-state index in [2.05, 4.69) is 65.2 Å². The zero-order chi connectivity index (χ0) is 9.26. The average molecular weight is 300 g/mol. The molecule has 0 aliphatic carbocycles. The van der Waals surface area contributed by atoms with E-state index in [-0.39, 0.29) is 0 Å². The number of rotatable bonds is 1. The van der Waals surface area contributed by atoms with Gasteiger partial charge in [0.15, 0.2) is 0 Å². The van der Waals surface area contributed by atoms with Gasteiger partial charge in [0.05, 0.1) is 0 Å². The van der Waals surface area contributed by atoms with E-state index in [9.17, 15) is 0 Å². The molecule has 13 heavy (non-hydrogen) atoms. The first kappa shape index (κ1) is 9.34. The van der Waals surface area contributed by atoms with Crippen LogP contribution < -0.4 is 0 Å². The first-order valence-electron chi connectivity index (χ1n) is 4.04. The molecule has 0 aromatic heterocycles. The predicted molar refractivity (Wildman–Crippen MR) is 68.4 cm³/mol. The smallest absolute Gasteiger partial charge is 0.0209 e. The zero-order valence-corrected chi connectivity index (χ0v) is 10.2. The van der Waals surface area contributed by atoms with Gasteiger partial charge in [-0.25, -0.2) is 0 Å². The Balaban J connectivity index is 2.84. The minimum absolute atomic E-state index is 1.33. The first-order valence-corrected chi connectivity index (χ1v) is 6.34. The summed E-state index contributed by atoms with van der Waals surface area (Å²) in [4.78, 5) is 1.36. The van der Waals surface area contributed by atoms with Crippen molar-refractivity contribution in [2.45, 2.75) is 4.90 Å². The summed E-state index contributed by atoms with van der Waals surface area (Å²) in [6, 6.07) is 12.9. The van der Waals surface area contributed by atoms with Crippen molar-refractivity contribution >= 4 is 45.1 Å². The maximum absolute atomic E-state index is 2.38. The molecular formula is C11H9IS. The minimum atomic E-state index is 1.33. The van der Waals surface area contributed by atoms with Crippen LogP contribution in [0.1, 0.15) is 0 Å². The Morgan fingerprint density at radius 3 is 2.46 bits per heavy atom. The van der Waals surface area contributed by atoms with Gasteiger partial charge in [-0.05, 0) is 51.8 Å². The van der Waals surface area contributed by atoms with Gasteiger partial charge in [-0.1, -0.05) is 24.3 Å². The number of hydrogen-bond acceptors (Lipinski definition) is 1. The third-order valence-corrected chi connectivity index (χ3v) is 3.79. The summed E-state index contributed by atoms with van der Waals surface area (Å²) in [5, 5.41) is 2.72. The number of hydrogen-bond donors (Lipinski definition) is 0. The van der Waals surface area contributed by atoms with Crippen LogP contribution in [0, 0.1) is 3.57 Å². The molecule has 2 rings (SSSR count). The van der Waals surface area contributed by atoms with Crippen LogP contribution in [0.15, 0.2) is 41.3 Å². The summed E-state index contributed by atoms with van der Waals surface area (Å²) < 4.78 is 1.33. The topological polar surface area (TPSA) is 0 Å². The summed E-state index contributed by atoms with van der Waals surface area (Å²) in [6.45, 7) is 0. The van der Waals surface area contributed by atoms with E-state index in [1.54, 1.807) is 11.8 Å². The Labute approximate surface area is 95.9 Å². The van der Waals surface area contributed by atoms with Crippen LogP contribution in [0.4, 0.5) is 0 Å². The molecule has 0 radical (unpaired) electrons. The predicted octanol–water partition coefficient (Wildman–Crippen LogP) is 4.17. The van der Waals surface area contributed by atoms with E-state index in [0.29, 0.717) is 0 Å². The van der Waals surface area contributed by atoms with Crippen molar-refractivity contribution in [3.8, 4) is 0 Å². The Morgan fingerprint density at radius 1 is 1.00 bits per heavy atom. The molecule has 0 atom stereocenters. The van der Waals surface area contributed by atoms with Crippen molar-refractivity contribution in [2.75, 3.05) is 6.26 Å². The monoisotopic (exact) mass is 300 g/mol. The third kappa shape index (κ3) is 1.70. The molecule has 2 heteroatoms. The molecule has 0 bridgehead atoms. The summed E-state index contributed by atoms with van der Waals surface area (Å²) >= 11 is 4.19. The molecular weight excluding hydrogens is 291 g/mol. The van der Waals surface area contributed by atoms with Crippen LogP contribution >= 0.6 is 34.4 Å². The summed E-state index contributed by atoms with van der Waals surface area (Å²) in [5.41, 5.74) is 0. The summed E-state index contributed by atoms with van der Waals surface area (Å²) in [5.74, 6) is 0. The average Bonchev–Trinajstić information content (AvgIpc) is 2.18. The SMILES string of the molecule is CSc1cccc2c(I)cccc12. The van der Waals surface area contributed by atoms with Crippen LogP contribution in [0.2, 0.25) is 0 Å². The van der Waals surface area contributed by atoms with Gasteiger partial charge in [-0.15, -0.1) is 11.8 Å². The van der Waals surface area contributed by atoms with Gasteiger partial charge in [0.25, 0.3) is 0 Å².